The summed E-state index contributed by atoms with van der Waals surface area (Å²) in [4.78, 5) is 0. The van der Waals surface area contributed by atoms with E-state index in [1.807, 2.05) is 6.07 Å². The van der Waals surface area contributed by atoms with Crippen molar-refractivity contribution in [3.63, 3.8) is 0 Å². The van der Waals surface area contributed by atoms with Crippen molar-refractivity contribution in [2.45, 2.75) is 71.1 Å². The van der Waals surface area contributed by atoms with Gasteiger partial charge in [-0.1, -0.05) is 112 Å². The minimum Gasteiger partial charge on any atom is -0.508 e. The monoisotopic (exact) mass is 400 g/mol. The van der Waals surface area contributed by atoms with Crippen molar-refractivity contribution in [1.29, 1.82) is 0 Å². The van der Waals surface area contributed by atoms with E-state index in [9.17, 15) is 5.11 Å². The lowest BCUT2D eigenvalue weighted by Gasteiger charge is -2.12. The van der Waals surface area contributed by atoms with Crippen LogP contribution in [-0.4, -0.2) is 5.11 Å². The molecule has 30 heavy (non-hydrogen) atoms. The van der Waals surface area contributed by atoms with Crippen LogP contribution in [-0.2, 0) is 19.3 Å². The van der Waals surface area contributed by atoms with Crippen molar-refractivity contribution < 1.29 is 5.11 Å². The fraction of sp³-hybridized carbons (Fsp3) is 0.379. The molecule has 3 aromatic carbocycles. The van der Waals surface area contributed by atoms with Gasteiger partial charge in [-0.2, -0.15) is 0 Å². The first-order valence-corrected chi connectivity index (χ1v) is 11.7. The summed E-state index contributed by atoms with van der Waals surface area (Å²) in [7, 11) is 0. The Balaban J connectivity index is 1.61. The number of aryl methyl sites for hydroxylation is 1. The first-order chi connectivity index (χ1) is 14.8. The molecule has 0 unspecified atom stereocenters. The summed E-state index contributed by atoms with van der Waals surface area (Å²) in [6, 6.07) is 25.4. The van der Waals surface area contributed by atoms with E-state index in [2.05, 4.69) is 73.7 Å². The summed E-state index contributed by atoms with van der Waals surface area (Å²) < 4.78 is 0. The number of hydrogen-bond donors (Lipinski definition) is 1. The minimum absolute atomic E-state index is 0.410. The normalized spacial score (nSPS) is 11.0. The van der Waals surface area contributed by atoms with Crippen molar-refractivity contribution in [1.82, 2.24) is 0 Å². The molecule has 3 rings (SSSR count). The molecule has 158 valence electrons. The summed E-state index contributed by atoms with van der Waals surface area (Å²) >= 11 is 0. The quantitative estimate of drug-likeness (QED) is 0.307. The maximum atomic E-state index is 10.5. The number of aromatic hydroxyl groups is 1. The van der Waals surface area contributed by atoms with Gasteiger partial charge in [0.25, 0.3) is 0 Å². The van der Waals surface area contributed by atoms with E-state index in [1.54, 1.807) is 0 Å². The van der Waals surface area contributed by atoms with Gasteiger partial charge in [-0.05, 0) is 53.1 Å². The summed E-state index contributed by atoms with van der Waals surface area (Å²) in [6.45, 7) is 2.27. The largest absolute Gasteiger partial charge is 0.508 e. The average molecular weight is 401 g/mol. The molecule has 0 aromatic heterocycles. The number of phenols is 1. The lowest BCUT2D eigenvalue weighted by molar-refractivity contribution is 0.469. The zero-order valence-electron chi connectivity index (χ0n) is 18.4. The average Bonchev–Trinajstić information content (AvgIpc) is 2.77. The van der Waals surface area contributed by atoms with E-state index in [-0.39, 0.29) is 0 Å². The van der Waals surface area contributed by atoms with E-state index in [1.165, 1.54) is 67.2 Å². The second-order valence-electron chi connectivity index (χ2n) is 8.44. The zero-order valence-corrected chi connectivity index (χ0v) is 18.4. The van der Waals surface area contributed by atoms with E-state index >= 15 is 0 Å². The molecular formula is C29H36O. The Morgan fingerprint density at radius 2 is 1.20 bits per heavy atom. The van der Waals surface area contributed by atoms with Crippen molar-refractivity contribution in [2.75, 3.05) is 0 Å². The third-order valence-corrected chi connectivity index (χ3v) is 5.95. The van der Waals surface area contributed by atoms with Crippen LogP contribution in [0.3, 0.4) is 0 Å². The molecule has 0 saturated carbocycles. The molecular weight excluding hydrogens is 364 g/mol. The lowest BCUT2D eigenvalue weighted by Crippen LogP contribution is -1.98. The van der Waals surface area contributed by atoms with Crippen LogP contribution in [0.4, 0.5) is 0 Å². The zero-order chi connectivity index (χ0) is 21.0. The molecule has 0 atom stereocenters. The maximum Gasteiger partial charge on any atom is 0.119 e. The molecule has 0 aliphatic carbocycles. The van der Waals surface area contributed by atoms with Gasteiger partial charge in [-0.15, -0.1) is 0 Å². The molecule has 0 heterocycles. The second-order valence-corrected chi connectivity index (χ2v) is 8.44. The van der Waals surface area contributed by atoms with Crippen LogP contribution in [0.2, 0.25) is 0 Å². The summed E-state index contributed by atoms with van der Waals surface area (Å²) in [5.74, 6) is 0.410. The topological polar surface area (TPSA) is 20.2 Å². The van der Waals surface area contributed by atoms with Gasteiger partial charge >= 0.3 is 0 Å². The summed E-state index contributed by atoms with van der Waals surface area (Å²) in [5, 5.41) is 10.5. The molecule has 0 bridgehead atoms. The fourth-order valence-electron chi connectivity index (χ4n) is 4.15. The molecule has 1 nitrogen and oxygen atoms in total. The van der Waals surface area contributed by atoms with Gasteiger partial charge in [-0.25, -0.2) is 0 Å². The highest BCUT2D eigenvalue weighted by Crippen LogP contribution is 2.25. The fourth-order valence-corrected chi connectivity index (χ4v) is 4.15. The van der Waals surface area contributed by atoms with E-state index < -0.39 is 0 Å². The van der Waals surface area contributed by atoms with Gasteiger partial charge in [0.1, 0.15) is 5.75 Å². The van der Waals surface area contributed by atoms with Gasteiger partial charge in [-0.3, -0.25) is 0 Å². The molecule has 0 fully saturated rings. The first-order valence-electron chi connectivity index (χ1n) is 11.7. The smallest absolute Gasteiger partial charge is 0.119 e. The maximum absolute atomic E-state index is 10.5. The van der Waals surface area contributed by atoms with Crippen LogP contribution in [0, 0.1) is 0 Å². The van der Waals surface area contributed by atoms with E-state index in [4.69, 9.17) is 0 Å². The Hall–Kier alpha value is -2.54. The molecule has 0 amide bonds. The molecule has 0 radical (unpaired) electrons. The van der Waals surface area contributed by atoms with Gasteiger partial charge in [0.05, 0.1) is 0 Å². The van der Waals surface area contributed by atoms with Crippen molar-refractivity contribution in [3.05, 3.63) is 101 Å². The van der Waals surface area contributed by atoms with Crippen LogP contribution < -0.4 is 0 Å². The summed E-state index contributed by atoms with van der Waals surface area (Å²) in [6.07, 6.45) is 12.1. The third-order valence-electron chi connectivity index (χ3n) is 5.95. The molecule has 1 heteroatoms. The molecule has 0 saturated heterocycles. The SMILES string of the molecule is CCCCCCCCCc1ccc(O)c(Cc2ccccc2Cc2ccccc2)c1. The molecule has 0 spiro atoms. The van der Waals surface area contributed by atoms with Crippen molar-refractivity contribution in [3.8, 4) is 5.75 Å². The van der Waals surface area contributed by atoms with Crippen LogP contribution in [0.25, 0.3) is 0 Å². The van der Waals surface area contributed by atoms with Crippen LogP contribution >= 0.6 is 0 Å². The van der Waals surface area contributed by atoms with Crippen LogP contribution in [0.15, 0.2) is 72.8 Å². The van der Waals surface area contributed by atoms with Gasteiger partial charge in [0.2, 0.25) is 0 Å². The number of unbranched alkanes of at least 4 members (excludes halogenated alkanes) is 6. The Labute approximate surface area is 182 Å². The van der Waals surface area contributed by atoms with E-state index in [0.717, 1.165) is 24.8 Å². The Bertz CT molecular complexity index is 882. The van der Waals surface area contributed by atoms with Crippen molar-refractivity contribution in [2.24, 2.45) is 0 Å². The van der Waals surface area contributed by atoms with Gasteiger partial charge in [0.15, 0.2) is 0 Å². The predicted molar refractivity (Wildman–Crippen MR) is 128 cm³/mol. The predicted octanol–water partition coefficient (Wildman–Crippen LogP) is 7.87. The summed E-state index contributed by atoms with van der Waals surface area (Å²) in [5.41, 5.74) is 6.33. The highest BCUT2D eigenvalue weighted by molar-refractivity contribution is 5.42. The number of benzene rings is 3. The highest BCUT2D eigenvalue weighted by atomic mass is 16.3. The highest BCUT2D eigenvalue weighted by Gasteiger charge is 2.09. The van der Waals surface area contributed by atoms with Crippen LogP contribution in [0.5, 0.6) is 5.75 Å². The first kappa shape index (κ1) is 22.2. The standard InChI is InChI=1S/C29H36O/c1-2-3-4-5-6-7-9-16-25-19-20-29(30)28(22-25)23-27-18-13-12-17-26(27)21-24-14-10-8-11-15-24/h8,10-15,17-20,22,30H,2-7,9,16,21,23H2,1H3. The van der Waals surface area contributed by atoms with Crippen LogP contribution in [0.1, 0.15) is 79.7 Å². The molecule has 1 N–H and O–H groups in total. The van der Waals surface area contributed by atoms with Gasteiger partial charge < -0.3 is 5.11 Å². The Morgan fingerprint density at radius 3 is 1.93 bits per heavy atom. The number of phenolic OH excluding ortho intramolecular Hbond substituents is 1. The lowest BCUT2D eigenvalue weighted by atomic mass is 9.93. The Kier molecular flexibility index (Phi) is 9.03. The number of rotatable bonds is 12. The molecule has 3 aromatic rings. The molecule has 0 aliphatic heterocycles. The third kappa shape index (κ3) is 7.06. The second kappa shape index (κ2) is 12.2. The molecule has 0 aliphatic rings. The van der Waals surface area contributed by atoms with E-state index in [0.29, 0.717) is 5.75 Å². The Morgan fingerprint density at radius 1 is 0.567 bits per heavy atom. The minimum atomic E-state index is 0.410. The number of hydrogen-bond acceptors (Lipinski definition) is 1. The van der Waals surface area contributed by atoms with Crippen molar-refractivity contribution >= 4 is 0 Å². The van der Waals surface area contributed by atoms with Gasteiger partial charge in [0, 0.05) is 6.42 Å².